The van der Waals surface area contributed by atoms with Crippen molar-refractivity contribution in [3.05, 3.63) is 64.2 Å². The number of aliphatic hydroxyl groups excluding tert-OH is 1. The summed E-state index contributed by atoms with van der Waals surface area (Å²) < 4.78 is 33.4. The second kappa shape index (κ2) is 8.58. The molecule has 3 rings (SSSR count). The van der Waals surface area contributed by atoms with E-state index in [2.05, 4.69) is 17.4 Å². The number of carbonyl (C=O) groups is 1. The Labute approximate surface area is 181 Å². The Kier molecular flexibility index (Phi) is 6.43. The van der Waals surface area contributed by atoms with E-state index in [0.29, 0.717) is 0 Å². The van der Waals surface area contributed by atoms with Gasteiger partial charge in [0.1, 0.15) is 11.0 Å². The maximum atomic E-state index is 11.9. The summed E-state index contributed by atoms with van der Waals surface area (Å²) in [5.41, 5.74) is 7.37. The van der Waals surface area contributed by atoms with Crippen molar-refractivity contribution in [2.75, 3.05) is 6.54 Å². The van der Waals surface area contributed by atoms with Crippen molar-refractivity contribution in [3.63, 3.8) is 0 Å². The van der Waals surface area contributed by atoms with Gasteiger partial charge in [-0.1, -0.05) is 31.2 Å². The highest BCUT2D eigenvalue weighted by atomic mass is 32.2. The van der Waals surface area contributed by atoms with E-state index in [9.17, 15) is 28.0 Å². The maximum Gasteiger partial charge on any atom is 0.271 e. The van der Waals surface area contributed by atoms with Crippen molar-refractivity contribution in [1.29, 1.82) is 0 Å². The van der Waals surface area contributed by atoms with Crippen LogP contribution in [0.5, 0.6) is 5.75 Å². The van der Waals surface area contributed by atoms with Gasteiger partial charge in [-0.15, -0.1) is 0 Å². The molecule has 0 fully saturated rings. The van der Waals surface area contributed by atoms with Crippen LogP contribution in [0, 0.1) is 0 Å². The highest BCUT2D eigenvalue weighted by Crippen LogP contribution is 2.36. The van der Waals surface area contributed by atoms with E-state index in [0.717, 1.165) is 18.9 Å². The lowest BCUT2D eigenvalue weighted by atomic mass is 9.93. The number of aliphatic hydroxyl groups is 1. The molecule has 8 nitrogen and oxygen atoms in total. The van der Waals surface area contributed by atoms with Crippen LogP contribution in [0.3, 0.4) is 0 Å². The molecule has 1 aliphatic carbocycles. The first-order chi connectivity index (χ1) is 14.4. The first kappa shape index (κ1) is 23.2. The van der Waals surface area contributed by atoms with Crippen LogP contribution in [0.15, 0.2) is 36.4 Å². The summed E-state index contributed by atoms with van der Waals surface area (Å²) in [6.07, 6.45) is 0.347. The average Bonchev–Trinajstić information content (AvgIpc) is 3.02. The van der Waals surface area contributed by atoms with Gasteiger partial charge in [0, 0.05) is 12.1 Å². The number of nitrogens with one attached hydrogen (secondary N) is 1. The number of β-amino-alcohol motifs (C(OH)–C–C–N with tert-alkyl or cyclic N) is 1. The van der Waals surface area contributed by atoms with Crippen molar-refractivity contribution in [3.8, 4) is 5.75 Å². The Morgan fingerprint density at radius 3 is 2.26 bits per heavy atom. The number of hydrogen-bond donors (Lipinski definition) is 5. The number of fused-ring (bicyclic) bond motifs is 1. The number of rotatable bonds is 8. The maximum absolute atomic E-state index is 11.9. The number of aromatic hydroxyl groups is 1. The van der Waals surface area contributed by atoms with Crippen molar-refractivity contribution in [2.45, 2.75) is 50.0 Å². The molecule has 0 saturated carbocycles. The lowest BCUT2D eigenvalue weighted by Crippen LogP contribution is -2.45. The van der Waals surface area contributed by atoms with Crippen LogP contribution in [0.25, 0.3) is 0 Å². The van der Waals surface area contributed by atoms with Gasteiger partial charge in [0.05, 0.1) is 11.7 Å². The summed E-state index contributed by atoms with van der Waals surface area (Å²) in [4.78, 5) is 11.7. The minimum atomic E-state index is -4.51. The smallest absolute Gasteiger partial charge is 0.271 e. The number of amides is 1. The topological polar surface area (TPSA) is 150 Å². The Hall–Kier alpha value is -2.46. The number of hydrogen-bond acceptors (Lipinski definition) is 6. The molecular formula is C22H28N2O6S. The van der Waals surface area contributed by atoms with Gasteiger partial charge in [0.25, 0.3) is 16.0 Å². The first-order valence-corrected chi connectivity index (χ1v) is 11.6. The number of carbonyl (C=O) groups excluding carboxylic acids is 1. The van der Waals surface area contributed by atoms with Gasteiger partial charge in [-0.05, 0) is 60.6 Å². The SMILES string of the molecule is CCC(c1cc(O)c(C(N)=O)cc1[C@@H](O)CNC1(C)Cc2ccccc2C1)S(=O)(=O)O. The minimum absolute atomic E-state index is 0.00830. The zero-order valence-electron chi connectivity index (χ0n) is 17.5. The van der Waals surface area contributed by atoms with E-state index in [4.69, 9.17) is 5.73 Å². The van der Waals surface area contributed by atoms with Crippen LogP contribution in [0.4, 0.5) is 0 Å². The van der Waals surface area contributed by atoms with E-state index in [1.165, 1.54) is 17.2 Å². The van der Waals surface area contributed by atoms with Gasteiger partial charge in [-0.25, -0.2) is 0 Å². The molecule has 31 heavy (non-hydrogen) atoms. The largest absolute Gasteiger partial charge is 0.507 e. The Bertz CT molecular complexity index is 1070. The van der Waals surface area contributed by atoms with Gasteiger partial charge >= 0.3 is 0 Å². The van der Waals surface area contributed by atoms with Crippen molar-refractivity contribution in [1.82, 2.24) is 5.32 Å². The molecule has 1 amide bonds. The van der Waals surface area contributed by atoms with Gasteiger partial charge < -0.3 is 21.3 Å². The van der Waals surface area contributed by atoms with E-state index in [-0.39, 0.29) is 35.2 Å². The van der Waals surface area contributed by atoms with E-state index in [1.807, 2.05) is 19.1 Å². The summed E-state index contributed by atoms with van der Waals surface area (Å²) in [6, 6.07) is 10.4. The van der Waals surface area contributed by atoms with E-state index in [1.54, 1.807) is 6.92 Å². The lowest BCUT2D eigenvalue weighted by Gasteiger charge is -2.28. The molecule has 1 aliphatic rings. The molecule has 2 aromatic rings. The Balaban J connectivity index is 1.91. The number of phenols is 1. The summed E-state index contributed by atoms with van der Waals surface area (Å²) in [5.74, 6) is -1.42. The number of primary amides is 1. The molecule has 0 aromatic heterocycles. The zero-order chi connectivity index (χ0) is 23.0. The van der Waals surface area contributed by atoms with Gasteiger partial charge in [-0.2, -0.15) is 8.42 Å². The molecule has 0 radical (unpaired) electrons. The summed E-state index contributed by atoms with van der Waals surface area (Å²) in [6.45, 7) is 3.67. The molecule has 0 bridgehead atoms. The molecule has 2 atom stereocenters. The number of nitrogens with two attached hydrogens (primary N) is 1. The second-order valence-corrected chi connectivity index (χ2v) is 9.95. The Morgan fingerprint density at radius 1 is 1.19 bits per heavy atom. The van der Waals surface area contributed by atoms with Crippen molar-refractivity contribution >= 4 is 16.0 Å². The van der Waals surface area contributed by atoms with Gasteiger partial charge in [0.2, 0.25) is 0 Å². The summed E-state index contributed by atoms with van der Waals surface area (Å²) in [5, 5.41) is 23.1. The lowest BCUT2D eigenvalue weighted by molar-refractivity contribution is 0.0997. The van der Waals surface area contributed by atoms with Crippen molar-refractivity contribution in [2.24, 2.45) is 5.73 Å². The van der Waals surface area contributed by atoms with Crippen LogP contribution in [0.1, 0.15) is 64.2 Å². The third kappa shape index (κ3) is 4.90. The van der Waals surface area contributed by atoms with Gasteiger partial charge in [0.15, 0.2) is 0 Å². The summed E-state index contributed by atoms with van der Waals surface area (Å²) in [7, 11) is -4.51. The molecule has 0 heterocycles. The molecule has 0 spiro atoms. The Morgan fingerprint density at radius 2 is 1.77 bits per heavy atom. The van der Waals surface area contributed by atoms with E-state index >= 15 is 0 Å². The molecule has 6 N–H and O–H groups in total. The van der Waals surface area contributed by atoms with Crippen LogP contribution in [-0.4, -0.2) is 41.2 Å². The molecule has 0 aliphatic heterocycles. The summed E-state index contributed by atoms with van der Waals surface area (Å²) >= 11 is 0. The van der Waals surface area contributed by atoms with E-state index < -0.39 is 33.1 Å². The molecule has 2 aromatic carbocycles. The second-order valence-electron chi connectivity index (χ2n) is 8.35. The van der Waals surface area contributed by atoms with Crippen LogP contribution < -0.4 is 11.1 Å². The average molecular weight is 449 g/mol. The highest BCUT2D eigenvalue weighted by molar-refractivity contribution is 7.86. The highest BCUT2D eigenvalue weighted by Gasteiger charge is 2.34. The fourth-order valence-electron chi connectivity index (χ4n) is 4.36. The molecule has 0 saturated heterocycles. The number of benzene rings is 2. The van der Waals surface area contributed by atoms with Crippen LogP contribution in [0.2, 0.25) is 0 Å². The van der Waals surface area contributed by atoms with Crippen LogP contribution in [-0.2, 0) is 23.0 Å². The molecule has 1 unspecified atom stereocenters. The predicted octanol–water partition coefficient (Wildman–Crippen LogP) is 2.01. The fraction of sp³-hybridized carbons (Fsp3) is 0.409. The van der Waals surface area contributed by atoms with Gasteiger partial charge in [-0.3, -0.25) is 9.35 Å². The monoisotopic (exact) mass is 448 g/mol. The first-order valence-electron chi connectivity index (χ1n) is 10.1. The minimum Gasteiger partial charge on any atom is -0.507 e. The normalized spacial score (nSPS) is 17.2. The fourth-order valence-corrected chi connectivity index (χ4v) is 5.31. The molecule has 9 heteroatoms. The quantitative estimate of drug-likeness (QED) is 0.388. The zero-order valence-corrected chi connectivity index (χ0v) is 18.3. The van der Waals surface area contributed by atoms with Crippen molar-refractivity contribution < 1.29 is 28.0 Å². The third-order valence-corrected chi connectivity index (χ3v) is 7.21. The predicted molar refractivity (Wildman–Crippen MR) is 116 cm³/mol. The standard InChI is InChI=1S/C22H28N2O6S/c1-3-20(31(28,29)30)16-9-18(25)17(21(23)27)8-15(16)19(26)12-24-22(2)10-13-6-4-5-7-14(13)11-22/h4-9,19-20,24-26H,3,10-12H2,1-2H3,(H2,23,27)(H,28,29,30)/t19-,20?/m0/s1. The third-order valence-electron chi connectivity index (χ3n) is 5.90. The molecule has 168 valence electrons. The molecular weight excluding hydrogens is 420 g/mol. The van der Waals surface area contributed by atoms with Crippen LogP contribution >= 0.6 is 0 Å².